The Labute approximate surface area is 143 Å². The van der Waals surface area contributed by atoms with Crippen LogP contribution in [0.4, 0.5) is 0 Å². The third-order valence-corrected chi connectivity index (χ3v) is 9.14. The molecule has 0 fully saturated rings. The second-order valence-corrected chi connectivity index (χ2v) is 14.2. The molecule has 0 aliphatic heterocycles. The van der Waals surface area contributed by atoms with Crippen LogP contribution in [0.3, 0.4) is 0 Å². The van der Waals surface area contributed by atoms with Crippen molar-refractivity contribution in [2.45, 2.75) is 51.9 Å². The van der Waals surface area contributed by atoms with Crippen molar-refractivity contribution in [1.29, 1.82) is 0 Å². The molecule has 0 rings (SSSR count). The van der Waals surface area contributed by atoms with Crippen LogP contribution in [0, 0.1) is 0 Å². The van der Waals surface area contributed by atoms with Crippen LogP contribution in [0.2, 0.25) is 0 Å². The third kappa shape index (κ3) is 12.3. The average Bonchev–Trinajstić information content (AvgIpc) is 2.28. The van der Waals surface area contributed by atoms with Crippen LogP contribution in [0.1, 0.15) is 41.5 Å². The predicted molar refractivity (Wildman–Crippen MR) is 107 cm³/mol. The van der Waals surface area contributed by atoms with E-state index in [0.29, 0.717) is 19.1 Å². The zero-order valence-corrected chi connectivity index (χ0v) is 17.4. The highest BCUT2D eigenvalue weighted by molar-refractivity contribution is 7.97. The summed E-state index contributed by atoms with van der Waals surface area (Å²) in [6, 6.07) is 0. The minimum atomic E-state index is -2.30. The number of rotatable bonds is 2. The maximum Gasteiger partial charge on any atom is 0.130 e. The SMILES string of the molecule is CC(C)(C)[P@](C)(=O)CO.ClCCl.[BH3-][P+](C)(CO)C(C)(C)C. The van der Waals surface area contributed by atoms with Gasteiger partial charge in [-0.3, -0.25) is 0 Å². The van der Waals surface area contributed by atoms with E-state index >= 15 is 0 Å². The Kier molecular flexibility index (Phi) is 14.1. The van der Waals surface area contributed by atoms with Gasteiger partial charge in [0.2, 0.25) is 0 Å². The molecule has 2 N–H and O–H groups in total. The standard InChI is InChI=1S/C6H18BOP.C6H15O2P.CH2Cl2/c1-6(2,3)9(4,7)5-8;1-6(2,3)9(4,8)5-7;2-1-3/h8H,5H2,1-4,7H3;7H,5H2,1-4H3;1H2/t;9-;/m.1./s1. The molecule has 0 saturated heterocycles. The first kappa shape index (κ1) is 27.1. The van der Waals surface area contributed by atoms with Crippen LogP contribution < -0.4 is 0 Å². The predicted octanol–water partition coefficient (Wildman–Crippen LogP) is 3.81. The van der Waals surface area contributed by atoms with Gasteiger partial charge in [0.15, 0.2) is 0 Å². The first-order valence-corrected chi connectivity index (χ1v) is 11.7. The van der Waals surface area contributed by atoms with Crippen molar-refractivity contribution in [3.05, 3.63) is 0 Å². The van der Waals surface area contributed by atoms with Gasteiger partial charge in [0, 0.05) is 17.0 Å². The molecule has 0 amide bonds. The Balaban J connectivity index is -0.000000260. The first-order chi connectivity index (χ1) is 9.04. The lowest BCUT2D eigenvalue weighted by Gasteiger charge is -2.36. The summed E-state index contributed by atoms with van der Waals surface area (Å²) in [7, 11) is -2.75. The lowest BCUT2D eigenvalue weighted by molar-refractivity contribution is 0.353. The molecule has 0 radical (unpaired) electrons. The zero-order chi connectivity index (χ0) is 18.1. The molecule has 0 spiro atoms. The number of halogens is 2. The molecule has 0 aromatic rings. The normalized spacial score (nSPS) is 17.4. The molecule has 0 aromatic heterocycles. The van der Waals surface area contributed by atoms with Crippen molar-refractivity contribution in [2.24, 2.45) is 0 Å². The highest BCUT2D eigenvalue weighted by atomic mass is 35.5. The van der Waals surface area contributed by atoms with E-state index in [9.17, 15) is 4.57 Å². The van der Waals surface area contributed by atoms with Gasteiger partial charge in [0.25, 0.3) is 0 Å². The topological polar surface area (TPSA) is 57.5 Å². The molecule has 0 heterocycles. The van der Waals surface area contributed by atoms with Crippen LogP contribution in [-0.2, 0) is 4.57 Å². The van der Waals surface area contributed by atoms with E-state index < -0.39 is 14.3 Å². The lowest BCUT2D eigenvalue weighted by Crippen LogP contribution is -2.21. The molecular formula is C13H35BCl2O3P2. The van der Waals surface area contributed by atoms with Crippen molar-refractivity contribution >= 4 is 45.1 Å². The fourth-order valence-electron chi connectivity index (χ4n) is 0.424. The van der Waals surface area contributed by atoms with Crippen molar-refractivity contribution in [3.63, 3.8) is 0 Å². The molecule has 0 aliphatic carbocycles. The zero-order valence-electron chi connectivity index (χ0n) is 14.1. The summed E-state index contributed by atoms with van der Waals surface area (Å²) in [4.78, 5) is 0. The van der Waals surface area contributed by atoms with Crippen LogP contribution in [-0.4, -0.2) is 59.5 Å². The van der Waals surface area contributed by atoms with E-state index in [4.69, 9.17) is 33.4 Å². The molecule has 0 aromatic carbocycles. The summed E-state index contributed by atoms with van der Waals surface area (Å²) < 4.78 is 11.4. The van der Waals surface area contributed by atoms with Crippen LogP contribution in [0.25, 0.3) is 0 Å². The summed E-state index contributed by atoms with van der Waals surface area (Å²) in [5, 5.41) is 18.1. The van der Waals surface area contributed by atoms with Gasteiger partial charge < -0.3 is 14.8 Å². The van der Waals surface area contributed by atoms with Gasteiger partial charge in [-0.25, -0.2) is 0 Å². The molecule has 0 saturated carbocycles. The molecule has 8 heteroatoms. The third-order valence-electron chi connectivity index (χ3n) is 3.05. The number of aliphatic hydroxyl groups excluding tert-OH is 2. The Bertz CT molecular complexity index is 314. The summed E-state index contributed by atoms with van der Waals surface area (Å²) in [5.41, 5.74) is 0. The van der Waals surface area contributed by atoms with Crippen molar-refractivity contribution in [1.82, 2.24) is 0 Å². The second-order valence-electron chi connectivity index (χ2n) is 6.52. The summed E-state index contributed by atoms with van der Waals surface area (Å²) >= 11 is 9.53. The van der Waals surface area contributed by atoms with Gasteiger partial charge in [-0.15, -0.1) is 30.3 Å². The number of hydrogen-bond acceptors (Lipinski definition) is 3. The van der Waals surface area contributed by atoms with Crippen LogP contribution in [0.15, 0.2) is 0 Å². The average molecular weight is 383 g/mol. The lowest BCUT2D eigenvalue weighted by atomic mass is 10.3. The van der Waals surface area contributed by atoms with Gasteiger partial charge in [-0.2, -0.15) is 0 Å². The Hall–Kier alpha value is 1.22. The first-order valence-electron chi connectivity index (χ1n) is 6.32. The second kappa shape index (κ2) is 10.9. The Morgan fingerprint density at radius 1 is 1.10 bits per heavy atom. The van der Waals surface area contributed by atoms with Gasteiger partial charge in [-0.05, 0) is 27.4 Å². The number of alkyl halides is 2. The van der Waals surface area contributed by atoms with E-state index in [1.807, 2.05) is 20.8 Å². The van der Waals surface area contributed by atoms with Gasteiger partial charge >= 0.3 is 0 Å². The van der Waals surface area contributed by atoms with E-state index in [1.54, 1.807) is 6.66 Å². The van der Waals surface area contributed by atoms with Crippen molar-refractivity contribution in [3.8, 4) is 0 Å². The minimum absolute atomic E-state index is 0.184. The highest BCUT2D eigenvalue weighted by Crippen LogP contribution is 2.60. The van der Waals surface area contributed by atoms with Gasteiger partial charge in [-0.1, -0.05) is 20.8 Å². The van der Waals surface area contributed by atoms with E-state index in [1.165, 1.54) is 0 Å². The van der Waals surface area contributed by atoms with E-state index in [-0.39, 0.29) is 16.8 Å². The van der Waals surface area contributed by atoms with Crippen molar-refractivity contribution < 1.29 is 14.8 Å². The van der Waals surface area contributed by atoms with E-state index in [0.717, 1.165) is 0 Å². The molecule has 0 bridgehead atoms. The minimum Gasteiger partial charge on any atom is -0.389 e. The highest BCUT2D eigenvalue weighted by Gasteiger charge is 2.32. The smallest absolute Gasteiger partial charge is 0.130 e. The Morgan fingerprint density at radius 3 is 1.38 bits per heavy atom. The summed E-state index contributed by atoms with van der Waals surface area (Å²) in [6.07, 6.45) is 0.299. The van der Waals surface area contributed by atoms with Crippen LogP contribution in [0.5, 0.6) is 0 Å². The largest absolute Gasteiger partial charge is 0.389 e. The maximum atomic E-state index is 11.4. The molecule has 3 nitrogen and oxygen atoms in total. The van der Waals surface area contributed by atoms with Gasteiger partial charge in [0.05, 0.1) is 11.7 Å². The monoisotopic (exact) mass is 382 g/mol. The maximum absolute atomic E-state index is 11.4. The fourth-order valence-corrected chi connectivity index (χ4v) is 1.27. The van der Waals surface area contributed by atoms with Crippen molar-refractivity contribution in [2.75, 3.05) is 31.4 Å². The van der Waals surface area contributed by atoms with E-state index in [2.05, 4.69) is 27.4 Å². The molecule has 2 atom stereocenters. The summed E-state index contributed by atoms with van der Waals surface area (Å²) in [5.74, 6) is 0. The van der Waals surface area contributed by atoms with Crippen LogP contribution >= 0.6 is 37.5 Å². The molecule has 21 heavy (non-hydrogen) atoms. The number of aliphatic hydroxyl groups is 2. The quantitative estimate of drug-likeness (QED) is 0.433. The summed E-state index contributed by atoms with van der Waals surface area (Å²) in [6.45, 7) is 16.3. The molecular weight excluding hydrogens is 348 g/mol. The molecule has 132 valence electrons. The number of hydrogen-bond donors (Lipinski definition) is 2. The Morgan fingerprint density at radius 2 is 1.38 bits per heavy atom. The van der Waals surface area contributed by atoms with Gasteiger partial charge in [0.1, 0.15) is 21.1 Å². The molecule has 0 aliphatic rings. The fraction of sp³-hybridized carbons (Fsp3) is 1.00. The molecule has 1 unspecified atom stereocenters.